The topological polar surface area (TPSA) is 111 Å². The molecule has 0 aromatic heterocycles. The zero-order chi connectivity index (χ0) is 24.9. The van der Waals surface area contributed by atoms with E-state index in [2.05, 4.69) is 10.6 Å². The molecule has 8 nitrogen and oxygen atoms in total. The fourth-order valence-electron chi connectivity index (χ4n) is 3.08. The molecule has 2 N–H and O–H groups in total. The molecule has 2 amide bonds. The standard InChI is InChI=1S/C27H26N2O6/c30-24(17-28-26(32)22-14-8-3-9-15-22)29-23(27(33)35-19-21-12-6-2-7-13-21)16-25(31)34-18-20-10-4-1-5-11-20/h1-15,23H,16-19H2,(H,28,32)(H,29,30)/t23-/m0/s1. The van der Waals surface area contributed by atoms with Crippen LogP contribution in [-0.4, -0.2) is 36.3 Å². The molecule has 0 saturated carbocycles. The number of rotatable bonds is 11. The summed E-state index contributed by atoms with van der Waals surface area (Å²) in [5.41, 5.74) is 1.94. The fraction of sp³-hybridized carbons (Fsp3) is 0.185. The van der Waals surface area contributed by atoms with E-state index >= 15 is 0 Å². The summed E-state index contributed by atoms with van der Waals surface area (Å²) in [6, 6.07) is 25.2. The zero-order valence-corrected chi connectivity index (χ0v) is 19.0. The molecule has 35 heavy (non-hydrogen) atoms. The second-order valence-corrected chi connectivity index (χ2v) is 7.61. The van der Waals surface area contributed by atoms with Gasteiger partial charge >= 0.3 is 11.9 Å². The summed E-state index contributed by atoms with van der Waals surface area (Å²) < 4.78 is 10.5. The van der Waals surface area contributed by atoms with Gasteiger partial charge in [0.25, 0.3) is 5.91 Å². The quantitative estimate of drug-likeness (QED) is 0.414. The number of benzene rings is 3. The molecule has 3 aromatic carbocycles. The first-order valence-corrected chi connectivity index (χ1v) is 11.0. The summed E-state index contributed by atoms with van der Waals surface area (Å²) in [5, 5.41) is 4.94. The third kappa shape index (κ3) is 8.77. The van der Waals surface area contributed by atoms with Crippen molar-refractivity contribution in [1.29, 1.82) is 0 Å². The number of carbonyl (C=O) groups excluding carboxylic acids is 4. The molecule has 0 aliphatic heterocycles. The van der Waals surface area contributed by atoms with Gasteiger partial charge in [-0.15, -0.1) is 0 Å². The van der Waals surface area contributed by atoms with E-state index < -0.39 is 36.2 Å². The van der Waals surface area contributed by atoms with Gasteiger partial charge < -0.3 is 20.1 Å². The van der Waals surface area contributed by atoms with Gasteiger partial charge in [0.05, 0.1) is 13.0 Å². The normalized spacial score (nSPS) is 11.1. The first kappa shape index (κ1) is 25.2. The van der Waals surface area contributed by atoms with E-state index in [0.29, 0.717) is 5.56 Å². The van der Waals surface area contributed by atoms with E-state index in [-0.39, 0.29) is 19.8 Å². The number of amides is 2. The van der Waals surface area contributed by atoms with Gasteiger partial charge in [0, 0.05) is 5.56 Å². The van der Waals surface area contributed by atoms with Crippen molar-refractivity contribution in [1.82, 2.24) is 10.6 Å². The monoisotopic (exact) mass is 474 g/mol. The molecule has 180 valence electrons. The van der Waals surface area contributed by atoms with Crippen molar-refractivity contribution >= 4 is 23.8 Å². The van der Waals surface area contributed by atoms with E-state index in [1.807, 2.05) is 24.3 Å². The molecule has 0 heterocycles. The third-order valence-electron chi connectivity index (χ3n) is 4.90. The lowest BCUT2D eigenvalue weighted by atomic mass is 10.2. The van der Waals surface area contributed by atoms with Crippen molar-refractivity contribution < 1.29 is 28.7 Å². The van der Waals surface area contributed by atoms with E-state index in [1.54, 1.807) is 66.7 Å². The molecule has 0 spiro atoms. The summed E-state index contributed by atoms with van der Waals surface area (Å²) in [4.78, 5) is 49.7. The van der Waals surface area contributed by atoms with Crippen LogP contribution in [0.2, 0.25) is 0 Å². The summed E-state index contributed by atoms with van der Waals surface area (Å²) in [6.45, 7) is -0.363. The molecular weight excluding hydrogens is 448 g/mol. The lowest BCUT2D eigenvalue weighted by molar-refractivity contribution is -0.155. The Labute approximate surface area is 203 Å². The Kier molecular flexibility index (Phi) is 9.56. The average Bonchev–Trinajstić information content (AvgIpc) is 2.90. The molecule has 0 bridgehead atoms. The van der Waals surface area contributed by atoms with E-state index in [9.17, 15) is 19.2 Å². The Balaban J connectivity index is 1.57. The van der Waals surface area contributed by atoms with Gasteiger partial charge in [-0.05, 0) is 23.3 Å². The van der Waals surface area contributed by atoms with Crippen molar-refractivity contribution in [3.05, 3.63) is 108 Å². The molecule has 3 rings (SSSR count). The van der Waals surface area contributed by atoms with Crippen LogP contribution < -0.4 is 10.6 Å². The summed E-state index contributed by atoms with van der Waals surface area (Å²) in [5.74, 6) is -2.55. The van der Waals surface area contributed by atoms with Crippen LogP contribution in [-0.2, 0) is 37.1 Å². The lowest BCUT2D eigenvalue weighted by Gasteiger charge is -2.17. The van der Waals surface area contributed by atoms with Crippen LogP contribution >= 0.6 is 0 Å². The predicted molar refractivity (Wildman–Crippen MR) is 128 cm³/mol. The van der Waals surface area contributed by atoms with Crippen LogP contribution in [0.25, 0.3) is 0 Å². The predicted octanol–water partition coefficient (Wildman–Crippen LogP) is 2.78. The van der Waals surface area contributed by atoms with Crippen molar-refractivity contribution in [2.75, 3.05) is 6.54 Å². The molecule has 0 radical (unpaired) electrons. The van der Waals surface area contributed by atoms with Gasteiger partial charge in [-0.25, -0.2) is 4.79 Å². The minimum atomic E-state index is -1.27. The maximum Gasteiger partial charge on any atom is 0.329 e. The molecule has 0 saturated heterocycles. The van der Waals surface area contributed by atoms with Crippen molar-refractivity contribution in [2.45, 2.75) is 25.7 Å². The SMILES string of the molecule is O=C(CNC(=O)c1ccccc1)N[C@@H](CC(=O)OCc1ccccc1)C(=O)OCc1ccccc1. The van der Waals surface area contributed by atoms with Gasteiger partial charge in [0.15, 0.2) is 0 Å². The highest BCUT2D eigenvalue weighted by molar-refractivity contribution is 5.97. The maximum atomic E-state index is 12.7. The fourth-order valence-corrected chi connectivity index (χ4v) is 3.08. The number of carbonyl (C=O) groups is 4. The highest BCUT2D eigenvalue weighted by Crippen LogP contribution is 2.07. The smallest absolute Gasteiger partial charge is 0.329 e. The number of hydrogen-bond acceptors (Lipinski definition) is 6. The lowest BCUT2D eigenvalue weighted by Crippen LogP contribution is -2.47. The second kappa shape index (κ2) is 13.3. The minimum Gasteiger partial charge on any atom is -0.461 e. The Morgan fingerprint density at radius 1 is 0.686 bits per heavy atom. The summed E-state index contributed by atoms with van der Waals surface area (Å²) >= 11 is 0. The van der Waals surface area contributed by atoms with Gasteiger partial charge in [0.1, 0.15) is 19.3 Å². The Morgan fingerprint density at radius 3 is 1.77 bits per heavy atom. The van der Waals surface area contributed by atoms with Crippen molar-refractivity contribution in [3.8, 4) is 0 Å². The Hall–Kier alpha value is -4.46. The number of hydrogen-bond donors (Lipinski definition) is 2. The van der Waals surface area contributed by atoms with Crippen molar-refractivity contribution in [2.24, 2.45) is 0 Å². The Bertz CT molecular complexity index is 1120. The molecule has 0 aliphatic carbocycles. The van der Waals surface area contributed by atoms with Gasteiger partial charge in [0.2, 0.25) is 5.91 Å². The molecule has 0 aliphatic rings. The van der Waals surface area contributed by atoms with Gasteiger partial charge in [-0.1, -0.05) is 78.9 Å². The highest BCUT2D eigenvalue weighted by atomic mass is 16.5. The maximum absolute atomic E-state index is 12.7. The first-order chi connectivity index (χ1) is 17.0. The van der Waals surface area contributed by atoms with Crippen LogP contribution in [0, 0.1) is 0 Å². The summed E-state index contributed by atoms with van der Waals surface area (Å²) in [7, 11) is 0. The van der Waals surface area contributed by atoms with Crippen LogP contribution in [0.4, 0.5) is 0 Å². The number of nitrogens with one attached hydrogen (secondary N) is 2. The Morgan fingerprint density at radius 2 is 1.20 bits per heavy atom. The molecule has 0 fully saturated rings. The molecule has 8 heteroatoms. The second-order valence-electron chi connectivity index (χ2n) is 7.61. The average molecular weight is 475 g/mol. The largest absolute Gasteiger partial charge is 0.461 e. The van der Waals surface area contributed by atoms with E-state index in [0.717, 1.165) is 11.1 Å². The van der Waals surface area contributed by atoms with Crippen LogP contribution in [0.15, 0.2) is 91.0 Å². The van der Waals surface area contributed by atoms with Crippen LogP contribution in [0.3, 0.4) is 0 Å². The molecular formula is C27H26N2O6. The van der Waals surface area contributed by atoms with Gasteiger partial charge in [-0.3, -0.25) is 14.4 Å². The molecule has 1 atom stereocenters. The first-order valence-electron chi connectivity index (χ1n) is 11.0. The van der Waals surface area contributed by atoms with Crippen molar-refractivity contribution in [3.63, 3.8) is 0 Å². The zero-order valence-electron chi connectivity index (χ0n) is 19.0. The minimum absolute atomic E-state index is 0.0180. The van der Waals surface area contributed by atoms with E-state index in [1.165, 1.54) is 0 Å². The molecule has 0 unspecified atom stereocenters. The summed E-state index contributed by atoms with van der Waals surface area (Å²) in [6.07, 6.45) is -0.418. The highest BCUT2D eigenvalue weighted by Gasteiger charge is 2.26. The number of ether oxygens (including phenoxy) is 2. The van der Waals surface area contributed by atoms with Gasteiger partial charge in [-0.2, -0.15) is 0 Å². The van der Waals surface area contributed by atoms with Crippen LogP contribution in [0.1, 0.15) is 27.9 Å². The molecule has 3 aromatic rings. The number of esters is 2. The van der Waals surface area contributed by atoms with Crippen LogP contribution in [0.5, 0.6) is 0 Å². The van der Waals surface area contributed by atoms with E-state index in [4.69, 9.17) is 9.47 Å². The third-order valence-corrected chi connectivity index (χ3v) is 4.90.